The lowest BCUT2D eigenvalue weighted by molar-refractivity contribution is 0.922. The summed E-state index contributed by atoms with van der Waals surface area (Å²) in [6.07, 6.45) is 2.36. The van der Waals surface area contributed by atoms with Crippen LogP contribution in [0, 0.1) is 0 Å². The molecular formula is C9H12BrN. The van der Waals surface area contributed by atoms with E-state index >= 15 is 0 Å². The van der Waals surface area contributed by atoms with Crippen LogP contribution in [0.4, 0.5) is 5.69 Å². The maximum Gasteiger partial charge on any atom is 0.0465 e. The van der Waals surface area contributed by atoms with Crippen LogP contribution in [0.25, 0.3) is 0 Å². The number of anilines is 1. The van der Waals surface area contributed by atoms with Gasteiger partial charge in [-0.3, -0.25) is 0 Å². The lowest BCUT2D eigenvalue weighted by atomic mass is 10.1. The molecule has 2 heteroatoms. The molecule has 0 aromatic heterocycles. The standard InChI is InChI=1S/C9H12BrN/c1-2-4-8-5-3-6-9(7-8)11-10/h3,5-7,11H,2,4H2,1H3. The van der Waals surface area contributed by atoms with Gasteiger partial charge >= 0.3 is 0 Å². The Morgan fingerprint density at radius 3 is 2.91 bits per heavy atom. The van der Waals surface area contributed by atoms with Crippen molar-refractivity contribution in [1.82, 2.24) is 0 Å². The van der Waals surface area contributed by atoms with Crippen LogP contribution in [-0.2, 0) is 6.42 Å². The molecule has 0 aliphatic heterocycles. The van der Waals surface area contributed by atoms with E-state index in [4.69, 9.17) is 0 Å². The van der Waals surface area contributed by atoms with Crippen LogP contribution >= 0.6 is 16.1 Å². The number of hydrogen-bond acceptors (Lipinski definition) is 1. The lowest BCUT2D eigenvalue weighted by Gasteiger charge is -2.01. The third-order valence-electron chi connectivity index (χ3n) is 1.57. The number of hydrogen-bond donors (Lipinski definition) is 1. The summed E-state index contributed by atoms with van der Waals surface area (Å²) in [5.74, 6) is 0. The van der Waals surface area contributed by atoms with Gasteiger partial charge in [-0.15, -0.1) is 0 Å². The molecule has 0 radical (unpaired) electrons. The van der Waals surface area contributed by atoms with E-state index in [-0.39, 0.29) is 0 Å². The summed E-state index contributed by atoms with van der Waals surface area (Å²) in [6, 6.07) is 8.40. The molecule has 1 rings (SSSR count). The van der Waals surface area contributed by atoms with Gasteiger partial charge in [0.2, 0.25) is 0 Å². The molecule has 0 aliphatic carbocycles. The van der Waals surface area contributed by atoms with Crippen LogP contribution in [0.2, 0.25) is 0 Å². The Balaban J connectivity index is 2.74. The Morgan fingerprint density at radius 1 is 1.45 bits per heavy atom. The zero-order chi connectivity index (χ0) is 8.10. The minimum absolute atomic E-state index is 1.12. The maximum absolute atomic E-state index is 3.19. The first-order valence-corrected chi connectivity index (χ1v) is 4.61. The Kier molecular flexibility index (Phi) is 3.43. The number of rotatable bonds is 3. The SMILES string of the molecule is CCCc1cccc(NBr)c1. The fraction of sp³-hybridized carbons (Fsp3) is 0.333. The van der Waals surface area contributed by atoms with E-state index in [9.17, 15) is 0 Å². The van der Waals surface area contributed by atoms with E-state index in [0.29, 0.717) is 0 Å². The summed E-state index contributed by atoms with van der Waals surface area (Å²) in [4.78, 5) is 0. The summed E-state index contributed by atoms with van der Waals surface area (Å²) in [5.41, 5.74) is 2.51. The molecule has 0 saturated heterocycles. The second-order valence-corrected chi connectivity index (χ2v) is 2.94. The summed E-state index contributed by atoms with van der Waals surface area (Å²) in [5, 5.41) is 0. The Hall–Kier alpha value is -0.500. The molecule has 60 valence electrons. The van der Waals surface area contributed by atoms with Crippen molar-refractivity contribution in [2.75, 3.05) is 4.34 Å². The molecule has 0 spiro atoms. The molecule has 0 bridgehead atoms. The number of nitrogens with one attached hydrogen (secondary N) is 1. The van der Waals surface area contributed by atoms with Crippen LogP contribution in [0.5, 0.6) is 0 Å². The molecule has 1 N–H and O–H groups in total. The van der Waals surface area contributed by atoms with Crippen LogP contribution in [0.15, 0.2) is 24.3 Å². The summed E-state index contributed by atoms with van der Waals surface area (Å²) < 4.78 is 2.94. The van der Waals surface area contributed by atoms with Crippen molar-refractivity contribution in [1.29, 1.82) is 0 Å². The molecule has 11 heavy (non-hydrogen) atoms. The van der Waals surface area contributed by atoms with E-state index in [0.717, 1.165) is 12.1 Å². The molecule has 1 aromatic rings. The minimum Gasteiger partial charge on any atom is -0.322 e. The molecule has 1 nitrogen and oxygen atoms in total. The van der Waals surface area contributed by atoms with Gasteiger partial charge < -0.3 is 4.34 Å². The highest BCUT2D eigenvalue weighted by Crippen LogP contribution is 2.12. The molecule has 0 aliphatic rings. The van der Waals surface area contributed by atoms with Crippen LogP contribution in [0.1, 0.15) is 18.9 Å². The van der Waals surface area contributed by atoms with Gasteiger partial charge in [0, 0.05) is 21.8 Å². The predicted octanol–water partition coefficient (Wildman–Crippen LogP) is 3.36. The number of benzene rings is 1. The van der Waals surface area contributed by atoms with Crippen molar-refractivity contribution in [2.45, 2.75) is 19.8 Å². The fourth-order valence-electron chi connectivity index (χ4n) is 1.07. The van der Waals surface area contributed by atoms with Gasteiger partial charge in [0.15, 0.2) is 0 Å². The van der Waals surface area contributed by atoms with E-state index in [2.05, 4.69) is 45.6 Å². The van der Waals surface area contributed by atoms with Gasteiger partial charge in [0.25, 0.3) is 0 Å². The molecular weight excluding hydrogens is 202 g/mol. The summed E-state index contributed by atoms with van der Waals surface area (Å²) in [6.45, 7) is 2.19. The van der Waals surface area contributed by atoms with Crippen molar-refractivity contribution in [3.05, 3.63) is 29.8 Å². The van der Waals surface area contributed by atoms with E-state index in [1.165, 1.54) is 12.0 Å². The average molecular weight is 214 g/mol. The molecule has 0 unspecified atom stereocenters. The smallest absolute Gasteiger partial charge is 0.0465 e. The van der Waals surface area contributed by atoms with Gasteiger partial charge in [-0.25, -0.2) is 0 Å². The van der Waals surface area contributed by atoms with Crippen LogP contribution < -0.4 is 4.34 Å². The number of aryl methyl sites for hydroxylation is 1. The maximum atomic E-state index is 3.19. The monoisotopic (exact) mass is 213 g/mol. The number of halogens is 1. The highest BCUT2D eigenvalue weighted by Gasteiger charge is 1.91. The predicted molar refractivity (Wildman–Crippen MR) is 53.0 cm³/mol. The normalized spacial score (nSPS) is 9.64. The van der Waals surface area contributed by atoms with Gasteiger partial charge in [-0.05, 0) is 24.1 Å². The van der Waals surface area contributed by atoms with Crippen LogP contribution in [-0.4, -0.2) is 0 Å². The highest BCUT2D eigenvalue weighted by molar-refractivity contribution is 9.10. The molecule has 1 aromatic carbocycles. The van der Waals surface area contributed by atoms with E-state index in [1.807, 2.05) is 6.07 Å². The zero-order valence-electron chi connectivity index (χ0n) is 6.60. The second kappa shape index (κ2) is 4.39. The lowest BCUT2D eigenvalue weighted by Crippen LogP contribution is -1.84. The first kappa shape index (κ1) is 8.60. The molecule has 0 atom stereocenters. The van der Waals surface area contributed by atoms with E-state index < -0.39 is 0 Å². The Labute approximate surface area is 76.2 Å². The molecule has 0 heterocycles. The fourth-order valence-corrected chi connectivity index (χ4v) is 1.32. The topological polar surface area (TPSA) is 12.0 Å². The van der Waals surface area contributed by atoms with E-state index in [1.54, 1.807) is 0 Å². The van der Waals surface area contributed by atoms with Crippen molar-refractivity contribution in [3.63, 3.8) is 0 Å². The van der Waals surface area contributed by atoms with Gasteiger partial charge in [-0.2, -0.15) is 0 Å². The molecule has 0 amide bonds. The largest absolute Gasteiger partial charge is 0.322 e. The van der Waals surface area contributed by atoms with Crippen molar-refractivity contribution in [3.8, 4) is 0 Å². The third-order valence-corrected chi connectivity index (χ3v) is 2.03. The second-order valence-electron chi connectivity index (χ2n) is 2.54. The third kappa shape index (κ3) is 2.54. The first-order valence-electron chi connectivity index (χ1n) is 3.82. The first-order chi connectivity index (χ1) is 5.36. The van der Waals surface area contributed by atoms with Crippen molar-refractivity contribution < 1.29 is 0 Å². The van der Waals surface area contributed by atoms with Crippen LogP contribution in [0.3, 0.4) is 0 Å². The Morgan fingerprint density at radius 2 is 2.27 bits per heavy atom. The Bertz CT molecular complexity index is 223. The summed E-state index contributed by atoms with van der Waals surface area (Å²) in [7, 11) is 0. The zero-order valence-corrected chi connectivity index (χ0v) is 8.19. The summed E-state index contributed by atoms with van der Waals surface area (Å²) >= 11 is 3.19. The molecule has 0 fully saturated rings. The van der Waals surface area contributed by atoms with Gasteiger partial charge in [0.05, 0.1) is 0 Å². The minimum atomic E-state index is 1.12. The molecule has 0 saturated carbocycles. The van der Waals surface area contributed by atoms with Gasteiger partial charge in [-0.1, -0.05) is 25.5 Å². The highest BCUT2D eigenvalue weighted by atomic mass is 79.9. The quantitative estimate of drug-likeness (QED) is 0.760. The van der Waals surface area contributed by atoms with Crippen molar-refractivity contribution in [2.24, 2.45) is 0 Å². The van der Waals surface area contributed by atoms with Crippen molar-refractivity contribution >= 4 is 21.8 Å². The average Bonchev–Trinajstić information content (AvgIpc) is 2.06. The van der Waals surface area contributed by atoms with Gasteiger partial charge in [0.1, 0.15) is 0 Å².